The maximum atomic E-state index is 12.9. The number of likely N-dealkylation sites (tertiary alicyclic amines) is 1. The van der Waals surface area contributed by atoms with E-state index < -0.39 is 30.0 Å². The van der Waals surface area contributed by atoms with E-state index in [4.69, 9.17) is 15.2 Å². The van der Waals surface area contributed by atoms with Gasteiger partial charge in [0.2, 0.25) is 11.8 Å². The first-order chi connectivity index (χ1) is 15.3. The Bertz CT molecular complexity index is 823. The number of nitrogens with two attached hydrogens (primary N) is 1. The molecule has 0 aromatic heterocycles. The van der Waals surface area contributed by atoms with Crippen LogP contribution in [0.15, 0.2) is 49.6 Å². The molecule has 0 spiro atoms. The van der Waals surface area contributed by atoms with Gasteiger partial charge in [0.15, 0.2) is 0 Å². The predicted octanol–water partition coefficient (Wildman–Crippen LogP) is 1.73. The van der Waals surface area contributed by atoms with Crippen molar-refractivity contribution in [2.45, 2.75) is 56.8 Å². The quantitative estimate of drug-likeness (QED) is 0.289. The number of carbonyl (C=O) groups is 3. The number of amides is 2. The normalized spacial score (nSPS) is 19.7. The minimum absolute atomic E-state index is 0.235. The Kier molecular flexibility index (Phi) is 9.46. The highest BCUT2D eigenvalue weighted by Gasteiger charge is 2.44. The fourth-order valence-electron chi connectivity index (χ4n) is 3.76. The zero-order valence-electron chi connectivity index (χ0n) is 18.8. The molecule has 2 rings (SSSR count). The minimum atomic E-state index is -0.815. The summed E-state index contributed by atoms with van der Waals surface area (Å²) < 4.78 is 10.4. The van der Waals surface area contributed by atoms with Crippen molar-refractivity contribution in [1.82, 2.24) is 10.2 Å². The molecular weight excluding hydrogens is 410 g/mol. The summed E-state index contributed by atoms with van der Waals surface area (Å²) in [6, 6.07) is 4.83. The SMILES string of the molecule is C=CCCOc1ccc(C[C@H](N)C(=O)N[C@H]2CC(C)N([C@@H](CC=C)C(=O)OC)C2=O)cc1. The molecule has 1 unspecified atom stereocenters. The largest absolute Gasteiger partial charge is 0.493 e. The summed E-state index contributed by atoms with van der Waals surface area (Å²) in [5.41, 5.74) is 6.97. The fraction of sp³-hybridized carbons (Fsp3) is 0.458. The van der Waals surface area contributed by atoms with Crippen molar-refractivity contribution in [3.8, 4) is 5.75 Å². The Morgan fingerprint density at radius 3 is 2.56 bits per heavy atom. The molecule has 32 heavy (non-hydrogen) atoms. The van der Waals surface area contributed by atoms with E-state index in [2.05, 4.69) is 18.5 Å². The molecule has 0 bridgehead atoms. The number of nitrogens with one attached hydrogen (secondary N) is 1. The second-order valence-corrected chi connectivity index (χ2v) is 7.84. The third-order valence-electron chi connectivity index (χ3n) is 5.43. The van der Waals surface area contributed by atoms with Gasteiger partial charge >= 0.3 is 5.97 Å². The van der Waals surface area contributed by atoms with E-state index in [0.717, 1.165) is 17.7 Å². The van der Waals surface area contributed by atoms with Crippen LogP contribution < -0.4 is 15.8 Å². The van der Waals surface area contributed by atoms with Gasteiger partial charge in [-0.2, -0.15) is 0 Å². The Balaban J connectivity index is 1.95. The second kappa shape index (κ2) is 12.0. The van der Waals surface area contributed by atoms with Crippen molar-refractivity contribution in [2.24, 2.45) is 5.73 Å². The summed E-state index contributed by atoms with van der Waals surface area (Å²) in [4.78, 5) is 39.2. The number of esters is 1. The molecule has 0 aliphatic carbocycles. The van der Waals surface area contributed by atoms with Crippen LogP contribution >= 0.6 is 0 Å². The van der Waals surface area contributed by atoms with Crippen LogP contribution in [0.1, 0.15) is 31.7 Å². The van der Waals surface area contributed by atoms with Crippen LogP contribution in [0, 0.1) is 0 Å². The van der Waals surface area contributed by atoms with E-state index in [1.165, 1.54) is 12.0 Å². The number of hydrogen-bond donors (Lipinski definition) is 2. The first-order valence-corrected chi connectivity index (χ1v) is 10.7. The topological polar surface area (TPSA) is 111 Å². The lowest BCUT2D eigenvalue weighted by Gasteiger charge is -2.29. The summed E-state index contributed by atoms with van der Waals surface area (Å²) in [6.07, 6.45) is 5.10. The third-order valence-corrected chi connectivity index (χ3v) is 5.43. The number of ether oxygens (including phenoxy) is 2. The average molecular weight is 444 g/mol. The molecule has 174 valence electrons. The molecule has 1 aliphatic heterocycles. The van der Waals surface area contributed by atoms with Crippen LogP contribution in [0.2, 0.25) is 0 Å². The van der Waals surface area contributed by atoms with Crippen molar-refractivity contribution >= 4 is 17.8 Å². The summed E-state index contributed by atoms with van der Waals surface area (Å²) >= 11 is 0. The predicted molar refractivity (Wildman–Crippen MR) is 122 cm³/mol. The molecule has 3 N–H and O–H groups in total. The highest BCUT2D eigenvalue weighted by atomic mass is 16.5. The van der Waals surface area contributed by atoms with Crippen LogP contribution in [-0.4, -0.2) is 60.6 Å². The number of hydrogen-bond acceptors (Lipinski definition) is 6. The van der Waals surface area contributed by atoms with Gasteiger partial charge in [-0.05, 0) is 50.3 Å². The molecule has 1 aliphatic rings. The van der Waals surface area contributed by atoms with E-state index in [0.29, 0.717) is 19.4 Å². The number of nitrogens with zero attached hydrogens (tertiary/aromatic N) is 1. The molecule has 1 saturated heterocycles. The highest BCUT2D eigenvalue weighted by molar-refractivity contribution is 5.93. The summed E-state index contributed by atoms with van der Waals surface area (Å²) in [5.74, 6) is -0.511. The molecule has 4 atom stereocenters. The van der Waals surface area contributed by atoms with Crippen molar-refractivity contribution in [1.29, 1.82) is 0 Å². The Morgan fingerprint density at radius 2 is 1.97 bits per heavy atom. The van der Waals surface area contributed by atoms with E-state index in [9.17, 15) is 14.4 Å². The third kappa shape index (κ3) is 6.43. The molecule has 1 aromatic carbocycles. The van der Waals surface area contributed by atoms with Crippen LogP contribution in [0.25, 0.3) is 0 Å². The summed E-state index contributed by atoms with van der Waals surface area (Å²) in [6.45, 7) is 9.69. The first-order valence-electron chi connectivity index (χ1n) is 10.7. The average Bonchev–Trinajstić information content (AvgIpc) is 3.05. The van der Waals surface area contributed by atoms with Crippen LogP contribution in [0.3, 0.4) is 0 Å². The lowest BCUT2D eigenvalue weighted by Crippen LogP contribution is -2.51. The standard InChI is InChI=1S/C24H33N3O5/c1-5-7-13-32-18-11-9-17(10-12-18)15-19(25)22(28)26-20-14-16(3)27(23(20)29)21(8-6-2)24(30)31-4/h5-6,9-12,16,19-21H,1-2,7-8,13-15,25H2,3-4H3,(H,26,28)/t16?,19-,20-,21-/m0/s1. The molecule has 0 radical (unpaired) electrons. The molecule has 1 fully saturated rings. The van der Waals surface area contributed by atoms with E-state index in [1.807, 2.05) is 31.2 Å². The van der Waals surface area contributed by atoms with Gasteiger partial charge in [0.25, 0.3) is 0 Å². The van der Waals surface area contributed by atoms with Gasteiger partial charge in [0, 0.05) is 6.04 Å². The molecule has 8 heteroatoms. The van der Waals surface area contributed by atoms with Gasteiger partial charge in [-0.15, -0.1) is 13.2 Å². The fourth-order valence-corrected chi connectivity index (χ4v) is 3.76. The first kappa shape index (κ1) is 25.1. The molecule has 8 nitrogen and oxygen atoms in total. The van der Waals surface area contributed by atoms with Crippen LogP contribution in [-0.2, 0) is 25.5 Å². The van der Waals surface area contributed by atoms with Crippen LogP contribution in [0.4, 0.5) is 0 Å². The summed E-state index contributed by atoms with van der Waals surface area (Å²) in [5, 5.41) is 2.74. The number of rotatable bonds is 12. The van der Waals surface area contributed by atoms with Gasteiger partial charge in [0.05, 0.1) is 19.8 Å². The minimum Gasteiger partial charge on any atom is -0.493 e. The van der Waals surface area contributed by atoms with E-state index >= 15 is 0 Å². The highest BCUT2D eigenvalue weighted by Crippen LogP contribution is 2.24. The molecule has 2 amide bonds. The van der Waals surface area contributed by atoms with Crippen molar-refractivity contribution < 1.29 is 23.9 Å². The van der Waals surface area contributed by atoms with Crippen molar-refractivity contribution in [2.75, 3.05) is 13.7 Å². The Morgan fingerprint density at radius 1 is 1.28 bits per heavy atom. The Labute approximate surface area is 189 Å². The number of carbonyl (C=O) groups excluding carboxylic acids is 3. The van der Waals surface area contributed by atoms with E-state index in [1.54, 1.807) is 12.2 Å². The van der Waals surface area contributed by atoms with Gasteiger partial charge < -0.3 is 25.4 Å². The molecule has 1 heterocycles. The molecule has 1 aromatic rings. The lowest BCUT2D eigenvalue weighted by molar-refractivity contribution is -0.152. The van der Waals surface area contributed by atoms with E-state index in [-0.39, 0.29) is 18.4 Å². The summed E-state index contributed by atoms with van der Waals surface area (Å²) in [7, 11) is 1.28. The Hall–Kier alpha value is -3.13. The van der Waals surface area contributed by atoms with Crippen molar-refractivity contribution in [3.05, 3.63) is 55.1 Å². The maximum Gasteiger partial charge on any atom is 0.328 e. The lowest BCUT2D eigenvalue weighted by atomic mass is 10.1. The molecule has 0 saturated carbocycles. The second-order valence-electron chi connectivity index (χ2n) is 7.84. The maximum absolute atomic E-state index is 12.9. The monoisotopic (exact) mass is 443 g/mol. The van der Waals surface area contributed by atoms with Crippen molar-refractivity contribution in [3.63, 3.8) is 0 Å². The molecular formula is C24H33N3O5. The van der Waals surface area contributed by atoms with Crippen LogP contribution in [0.5, 0.6) is 5.75 Å². The number of methoxy groups -OCH3 is 1. The smallest absolute Gasteiger partial charge is 0.328 e. The zero-order valence-corrected chi connectivity index (χ0v) is 18.8. The number of benzene rings is 1. The van der Waals surface area contributed by atoms with Gasteiger partial charge in [-0.25, -0.2) is 4.79 Å². The van der Waals surface area contributed by atoms with Gasteiger partial charge in [-0.1, -0.05) is 24.3 Å². The van der Waals surface area contributed by atoms with Gasteiger partial charge in [0.1, 0.15) is 17.8 Å². The zero-order chi connectivity index (χ0) is 23.7. The van der Waals surface area contributed by atoms with Gasteiger partial charge in [-0.3, -0.25) is 9.59 Å².